The smallest absolute Gasteiger partial charge is 0.120 e. The lowest BCUT2D eigenvalue weighted by atomic mass is 10.2. The molecule has 0 bridgehead atoms. The molecule has 0 unspecified atom stereocenters. The van der Waals surface area contributed by atoms with E-state index < -0.39 is 0 Å². The fourth-order valence-electron chi connectivity index (χ4n) is 1.01. The number of nitrogens with one attached hydrogen (secondary N) is 1. The maximum absolute atomic E-state index is 8.77. The molecular formula is C9H15NO3. The van der Waals surface area contributed by atoms with Crippen LogP contribution in [0.4, 0.5) is 0 Å². The van der Waals surface area contributed by atoms with Crippen molar-refractivity contribution in [3.8, 4) is 0 Å². The van der Waals surface area contributed by atoms with Gasteiger partial charge in [0.25, 0.3) is 0 Å². The van der Waals surface area contributed by atoms with Crippen molar-refractivity contribution in [2.45, 2.75) is 19.5 Å². The number of rotatable bonds is 5. The third-order valence-corrected chi connectivity index (χ3v) is 1.96. The van der Waals surface area contributed by atoms with Gasteiger partial charge in [-0.25, -0.2) is 0 Å². The molecule has 0 aliphatic rings. The van der Waals surface area contributed by atoms with E-state index >= 15 is 0 Å². The van der Waals surface area contributed by atoms with Gasteiger partial charge < -0.3 is 19.9 Å². The molecule has 3 N–H and O–H groups in total. The Balaban J connectivity index is 2.38. The number of aryl methyl sites for hydroxylation is 1. The summed E-state index contributed by atoms with van der Waals surface area (Å²) in [5, 5.41) is 20.5. The molecule has 1 aromatic rings. The maximum atomic E-state index is 8.77. The molecule has 0 aromatic carbocycles. The Hall–Kier alpha value is -0.840. The van der Waals surface area contributed by atoms with Crippen LogP contribution < -0.4 is 5.32 Å². The summed E-state index contributed by atoms with van der Waals surface area (Å²) in [6.07, 6.45) is 1.62. The molecule has 0 spiro atoms. The fraction of sp³-hybridized carbons (Fsp3) is 0.556. The van der Waals surface area contributed by atoms with Gasteiger partial charge in [-0.2, -0.15) is 0 Å². The summed E-state index contributed by atoms with van der Waals surface area (Å²) in [7, 11) is 0. The monoisotopic (exact) mass is 185 g/mol. The summed E-state index contributed by atoms with van der Waals surface area (Å²) in [4.78, 5) is 0. The minimum absolute atomic E-state index is 0.0732. The molecule has 1 aromatic heterocycles. The van der Waals surface area contributed by atoms with Crippen LogP contribution >= 0.6 is 0 Å². The highest BCUT2D eigenvalue weighted by Gasteiger charge is 2.07. The van der Waals surface area contributed by atoms with Crippen molar-refractivity contribution >= 4 is 0 Å². The molecule has 13 heavy (non-hydrogen) atoms. The molecule has 0 aliphatic carbocycles. The SMILES string of the molecule is Cc1ccoc1CNC(CO)CO. The number of aliphatic hydroxyl groups excluding tert-OH is 2. The summed E-state index contributed by atoms with van der Waals surface area (Å²) in [6.45, 7) is 2.34. The van der Waals surface area contributed by atoms with Gasteiger partial charge in [0.1, 0.15) is 5.76 Å². The number of furan rings is 1. The maximum Gasteiger partial charge on any atom is 0.120 e. The van der Waals surface area contributed by atoms with Gasteiger partial charge in [-0.1, -0.05) is 0 Å². The van der Waals surface area contributed by atoms with Gasteiger partial charge in [0, 0.05) is 0 Å². The zero-order valence-corrected chi connectivity index (χ0v) is 7.66. The first-order chi connectivity index (χ1) is 6.27. The Morgan fingerprint density at radius 2 is 2.15 bits per heavy atom. The van der Waals surface area contributed by atoms with Crippen LogP contribution in [0.2, 0.25) is 0 Å². The molecule has 1 rings (SSSR count). The van der Waals surface area contributed by atoms with Crippen molar-refractivity contribution < 1.29 is 14.6 Å². The number of aliphatic hydroxyl groups is 2. The lowest BCUT2D eigenvalue weighted by Gasteiger charge is -2.11. The second-order valence-corrected chi connectivity index (χ2v) is 2.97. The quantitative estimate of drug-likeness (QED) is 0.605. The summed E-state index contributed by atoms with van der Waals surface area (Å²) in [6, 6.07) is 1.61. The van der Waals surface area contributed by atoms with Crippen LogP contribution in [0.3, 0.4) is 0 Å². The molecule has 0 aliphatic heterocycles. The van der Waals surface area contributed by atoms with E-state index in [0.717, 1.165) is 11.3 Å². The topological polar surface area (TPSA) is 65.6 Å². The van der Waals surface area contributed by atoms with Crippen molar-refractivity contribution in [3.05, 3.63) is 23.7 Å². The van der Waals surface area contributed by atoms with E-state index in [-0.39, 0.29) is 19.3 Å². The first-order valence-electron chi connectivity index (χ1n) is 4.26. The zero-order chi connectivity index (χ0) is 9.68. The average molecular weight is 185 g/mol. The van der Waals surface area contributed by atoms with E-state index in [4.69, 9.17) is 14.6 Å². The summed E-state index contributed by atoms with van der Waals surface area (Å²) in [5.41, 5.74) is 1.07. The van der Waals surface area contributed by atoms with Crippen LogP contribution in [0.15, 0.2) is 16.7 Å². The highest BCUT2D eigenvalue weighted by atomic mass is 16.3. The van der Waals surface area contributed by atoms with E-state index in [1.54, 1.807) is 6.26 Å². The minimum Gasteiger partial charge on any atom is -0.468 e. The van der Waals surface area contributed by atoms with E-state index in [1.165, 1.54) is 0 Å². The molecule has 4 nitrogen and oxygen atoms in total. The van der Waals surface area contributed by atoms with Gasteiger partial charge in [0.15, 0.2) is 0 Å². The number of hydrogen-bond donors (Lipinski definition) is 3. The predicted molar refractivity (Wildman–Crippen MR) is 48.2 cm³/mol. The standard InChI is InChI=1S/C9H15NO3/c1-7-2-3-13-9(7)4-10-8(5-11)6-12/h2-3,8,10-12H,4-6H2,1H3. The highest BCUT2D eigenvalue weighted by molar-refractivity contribution is 5.14. The summed E-state index contributed by atoms with van der Waals surface area (Å²) >= 11 is 0. The number of hydrogen-bond acceptors (Lipinski definition) is 4. The zero-order valence-electron chi connectivity index (χ0n) is 7.66. The van der Waals surface area contributed by atoms with E-state index in [2.05, 4.69) is 5.32 Å². The molecule has 0 radical (unpaired) electrons. The van der Waals surface area contributed by atoms with Crippen LogP contribution in [-0.2, 0) is 6.54 Å². The van der Waals surface area contributed by atoms with Crippen molar-refractivity contribution in [3.63, 3.8) is 0 Å². The van der Waals surface area contributed by atoms with Crippen molar-refractivity contribution in [2.75, 3.05) is 13.2 Å². The molecule has 0 saturated carbocycles. The van der Waals surface area contributed by atoms with Gasteiger partial charge in [0.2, 0.25) is 0 Å². The van der Waals surface area contributed by atoms with Crippen molar-refractivity contribution in [1.82, 2.24) is 5.32 Å². The molecule has 0 saturated heterocycles. The summed E-state index contributed by atoms with van der Waals surface area (Å²) in [5.74, 6) is 0.840. The Morgan fingerprint density at radius 3 is 2.62 bits per heavy atom. The predicted octanol–water partition coefficient (Wildman–Crippen LogP) is 0.0308. The van der Waals surface area contributed by atoms with Gasteiger partial charge in [-0.3, -0.25) is 0 Å². The Kier molecular flexibility index (Phi) is 3.95. The normalized spacial score (nSPS) is 11.1. The molecular weight excluding hydrogens is 170 g/mol. The Bertz CT molecular complexity index is 243. The lowest BCUT2D eigenvalue weighted by molar-refractivity contribution is 0.168. The highest BCUT2D eigenvalue weighted by Crippen LogP contribution is 2.07. The Labute approximate surface area is 77.2 Å². The van der Waals surface area contributed by atoms with E-state index in [1.807, 2.05) is 13.0 Å². The second kappa shape index (κ2) is 5.01. The first kappa shape index (κ1) is 10.2. The molecule has 74 valence electrons. The fourth-order valence-corrected chi connectivity index (χ4v) is 1.01. The van der Waals surface area contributed by atoms with Gasteiger partial charge in [-0.15, -0.1) is 0 Å². The Morgan fingerprint density at radius 1 is 1.46 bits per heavy atom. The van der Waals surface area contributed by atoms with E-state index in [0.29, 0.717) is 6.54 Å². The molecule has 4 heteroatoms. The van der Waals surface area contributed by atoms with Crippen LogP contribution in [0.25, 0.3) is 0 Å². The van der Waals surface area contributed by atoms with E-state index in [9.17, 15) is 0 Å². The first-order valence-corrected chi connectivity index (χ1v) is 4.26. The van der Waals surface area contributed by atoms with Gasteiger partial charge >= 0.3 is 0 Å². The largest absolute Gasteiger partial charge is 0.468 e. The summed E-state index contributed by atoms with van der Waals surface area (Å²) < 4.78 is 5.18. The molecule has 0 fully saturated rings. The molecule has 0 amide bonds. The molecule has 1 heterocycles. The lowest BCUT2D eigenvalue weighted by Crippen LogP contribution is -2.35. The van der Waals surface area contributed by atoms with Gasteiger partial charge in [-0.05, 0) is 18.6 Å². The van der Waals surface area contributed by atoms with Crippen molar-refractivity contribution in [1.29, 1.82) is 0 Å². The third kappa shape index (κ3) is 2.84. The third-order valence-electron chi connectivity index (χ3n) is 1.96. The second-order valence-electron chi connectivity index (χ2n) is 2.97. The average Bonchev–Trinajstić information content (AvgIpc) is 2.54. The van der Waals surface area contributed by atoms with Crippen LogP contribution in [0.1, 0.15) is 11.3 Å². The van der Waals surface area contributed by atoms with Crippen LogP contribution in [-0.4, -0.2) is 29.5 Å². The minimum atomic E-state index is -0.274. The van der Waals surface area contributed by atoms with Crippen LogP contribution in [0, 0.1) is 6.92 Å². The van der Waals surface area contributed by atoms with Crippen molar-refractivity contribution in [2.24, 2.45) is 0 Å². The molecule has 0 atom stereocenters. The van der Waals surface area contributed by atoms with Gasteiger partial charge in [0.05, 0.1) is 32.1 Å². The van der Waals surface area contributed by atoms with Crippen LogP contribution in [0.5, 0.6) is 0 Å².